The van der Waals surface area contributed by atoms with Gasteiger partial charge < -0.3 is 19.8 Å². The summed E-state index contributed by atoms with van der Waals surface area (Å²) in [7, 11) is 1.79. The minimum atomic E-state index is -3.65. The third-order valence-corrected chi connectivity index (χ3v) is 4.72. The molecule has 0 bridgehead atoms. The third-order valence-electron chi connectivity index (χ3n) is 3.80. The second-order valence-electron chi connectivity index (χ2n) is 5.47. The average molecular weight is 364 g/mol. The van der Waals surface area contributed by atoms with Crippen LogP contribution in [0.1, 0.15) is 6.92 Å². The van der Waals surface area contributed by atoms with Gasteiger partial charge in [0.2, 0.25) is 0 Å². The van der Waals surface area contributed by atoms with Gasteiger partial charge in [0.25, 0.3) is 0 Å². The summed E-state index contributed by atoms with van der Waals surface area (Å²) in [5.41, 5.74) is 7.62. The molecule has 2 aromatic heterocycles. The number of anilines is 1. The first-order chi connectivity index (χ1) is 11.9. The molecule has 0 spiro atoms. The Kier molecular flexibility index (Phi) is 3.50. The van der Waals surface area contributed by atoms with Crippen molar-refractivity contribution in [1.82, 2.24) is 14.5 Å². The molecule has 0 aliphatic carbocycles. The molecule has 0 fully saturated rings. The summed E-state index contributed by atoms with van der Waals surface area (Å²) in [4.78, 5) is 9.90. The molecular weight excluding hydrogens is 350 g/mol. The van der Waals surface area contributed by atoms with Crippen LogP contribution >= 0.6 is 11.8 Å². The van der Waals surface area contributed by atoms with Crippen molar-refractivity contribution in [1.29, 1.82) is 0 Å². The van der Waals surface area contributed by atoms with Gasteiger partial charge in [0.1, 0.15) is 11.5 Å². The predicted octanol–water partition coefficient (Wildman–Crippen LogP) is 3.65. The van der Waals surface area contributed by atoms with Gasteiger partial charge in [0.15, 0.2) is 17.3 Å². The van der Waals surface area contributed by atoms with E-state index in [2.05, 4.69) is 19.4 Å². The van der Waals surface area contributed by atoms with E-state index in [1.165, 1.54) is 12.1 Å². The maximum atomic E-state index is 13.2. The SMILES string of the molecule is CCSc1ccc(N)nc1-c1nc2cc3c(cc2n1C)OC(F)(F)O3. The summed E-state index contributed by atoms with van der Waals surface area (Å²) in [6.07, 6.45) is -3.65. The molecule has 4 rings (SSSR count). The average Bonchev–Trinajstić information content (AvgIpc) is 3.02. The lowest BCUT2D eigenvalue weighted by atomic mass is 10.3. The van der Waals surface area contributed by atoms with E-state index in [1.807, 2.05) is 13.0 Å². The Balaban J connectivity index is 1.88. The molecule has 1 aliphatic heterocycles. The Hall–Kier alpha value is -2.55. The number of nitrogen functional groups attached to an aromatic ring is 1. The van der Waals surface area contributed by atoms with E-state index in [9.17, 15) is 8.78 Å². The Morgan fingerprint density at radius 1 is 1.20 bits per heavy atom. The first-order valence-corrected chi connectivity index (χ1v) is 8.52. The minimum Gasteiger partial charge on any atom is -0.395 e. The lowest BCUT2D eigenvalue weighted by molar-refractivity contribution is -0.286. The molecule has 3 aromatic rings. The van der Waals surface area contributed by atoms with E-state index >= 15 is 0 Å². The Morgan fingerprint density at radius 3 is 2.64 bits per heavy atom. The summed E-state index contributed by atoms with van der Waals surface area (Å²) in [6, 6.07) is 6.56. The zero-order chi connectivity index (χ0) is 17.8. The minimum absolute atomic E-state index is 0.0178. The van der Waals surface area contributed by atoms with Gasteiger partial charge in [-0.15, -0.1) is 20.5 Å². The molecule has 2 N–H and O–H groups in total. The summed E-state index contributed by atoms with van der Waals surface area (Å²) in [5.74, 6) is 1.79. The number of ether oxygens (including phenoxy) is 2. The number of aryl methyl sites for hydroxylation is 1. The van der Waals surface area contributed by atoms with E-state index in [0.29, 0.717) is 28.4 Å². The van der Waals surface area contributed by atoms with E-state index < -0.39 is 6.29 Å². The lowest BCUT2D eigenvalue weighted by Crippen LogP contribution is -2.25. The van der Waals surface area contributed by atoms with Gasteiger partial charge in [-0.1, -0.05) is 6.92 Å². The highest BCUT2D eigenvalue weighted by atomic mass is 32.2. The highest BCUT2D eigenvalue weighted by Crippen LogP contribution is 2.44. The molecule has 1 aliphatic rings. The molecule has 3 heterocycles. The molecule has 9 heteroatoms. The van der Waals surface area contributed by atoms with Crippen molar-refractivity contribution >= 4 is 28.6 Å². The maximum Gasteiger partial charge on any atom is 0.586 e. The molecular formula is C16H14F2N4O2S. The van der Waals surface area contributed by atoms with Gasteiger partial charge in [0.05, 0.1) is 11.0 Å². The van der Waals surface area contributed by atoms with Crippen molar-refractivity contribution in [3.8, 4) is 23.0 Å². The number of benzene rings is 1. The number of alkyl halides is 2. The molecule has 6 nitrogen and oxygen atoms in total. The van der Waals surface area contributed by atoms with Gasteiger partial charge in [-0.2, -0.15) is 0 Å². The molecule has 0 saturated heterocycles. The Bertz CT molecular complexity index is 990. The van der Waals surface area contributed by atoms with E-state index in [4.69, 9.17) is 5.73 Å². The Labute approximate surface area is 146 Å². The zero-order valence-electron chi connectivity index (χ0n) is 13.4. The third kappa shape index (κ3) is 2.64. The van der Waals surface area contributed by atoms with Crippen LogP contribution in [0.5, 0.6) is 11.5 Å². The summed E-state index contributed by atoms with van der Waals surface area (Å²) in [6.45, 7) is 2.04. The molecule has 0 amide bonds. The molecule has 0 radical (unpaired) electrons. The van der Waals surface area contributed by atoms with Crippen molar-refractivity contribution in [2.45, 2.75) is 18.1 Å². The van der Waals surface area contributed by atoms with Crippen LogP contribution in [-0.2, 0) is 7.05 Å². The van der Waals surface area contributed by atoms with Crippen LogP contribution in [0.25, 0.3) is 22.6 Å². The lowest BCUT2D eigenvalue weighted by Gasteiger charge is -2.08. The highest BCUT2D eigenvalue weighted by molar-refractivity contribution is 7.99. The van der Waals surface area contributed by atoms with E-state index in [-0.39, 0.29) is 11.5 Å². The van der Waals surface area contributed by atoms with Crippen LogP contribution in [0.15, 0.2) is 29.2 Å². The molecule has 1 aromatic carbocycles. The number of nitrogens with two attached hydrogens (primary N) is 1. The van der Waals surface area contributed by atoms with Gasteiger partial charge >= 0.3 is 6.29 Å². The number of pyridine rings is 1. The molecule has 0 unspecified atom stereocenters. The number of halogens is 2. The number of hydrogen-bond acceptors (Lipinski definition) is 6. The van der Waals surface area contributed by atoms with Gasteiger partial charge in [-0.25, -0.2) is 9.97 Å². The summed E-state index contributed by atoms with van der Waals surface area (Å²) in [5, 5.41) is 0. The van der Waals surface area contributed by atoms with Crippen LogP contribution in [0, 0.1) is 0 Å². The van der Waals surface area contributed by atoms with Gasteiger partial charge in [0, 0.05) is 24.1 Å². The smallest absolute Gasteiger partial charge is 0.395 e. The number of aromatic nitrogens is 3. The largest absolute Gasteiger partial charge is 0.586 e. The molecule has 130 valence electrons. The number of thioether (sulfide) groups is 1. The van der Waals surface area contributed by atoms with E-state index in [1.54, 1.807) is 29.4 Å². The fraction of sp³-hybridized carbons (Fsp3) is 0.250. The second kappa shape index (κ2) is 5.48. The van der Waals surface area contributed by atoms with Crippen LogP contribution in [0.4, 0.5) is 14.6 Å². The fourth-order valence-electron chi connectivity index (χ4n) is 2.74. The first kappa shape index (κ1) is 15.9. The number of rotatable bonds is 3. The second-order valence-corrected chi connectivity index (χ2v) is 6.77. The summed E-state index contributed by atoms with van der Waals surface area (Å²) >= 11 is 1.63. The van der Waals surface area contributed by atoms with Crippen molar-refractivity contribution in [2.75, 3.05) is 11.5 Å². The van der Waals surface area contributed by atoms with Crippen molar-refractivity contribution in [3.63, 3.8) is 0 Å². The molecule has 0 saturated carbocycles. The topological polar surface area (TPSA) is 75.2 Å². The van der Waals surface area contributed by atoms with Crippen LogP contribution in [0.3, 0.4) is 0 Å². The monoisotopic (exact) mass is 364 g/mol. The maximum absolute atomic E-state index is 13.2. The van der Waals surface area contributed by atoms with Crippen LogP contribution in [-0.4, -0.2) is 26.6 Å². The van der Waals surface area contributed by atoms with Gasteiger partial charge in [-0.05, 0) is 17.9 Å². The number of imidazole rings is 1. The van der Waals surface area contributed by atoms with Crippen molar-refractivity contribution in [2.24, 2.45) is 7.05 Å². The van der Waals surface area contributed by atoms with Crippen molar-refractivity contribution < 1.29 is 18.3 Å². The predicted molar refractivity (Wildman–Crippen MR) is 91.0 cm³/mol. The fourth-order valence-corrected chi connectivity index (χ4v) is 3.49. The number of hydrogen-bond donors (Lipinski definition) is 1. The number of nitrogens with zero attached hydrogens (tertiary/aromatic N) is 3. The first-order valence-electron chi connectivity index (χ1n) is 7.54. The van der Waals surface area contributed by atoms with Gasteiger partial charge in [-0.3, -0.25) is 0 Å². The van der Waals surface area contributed by atoms with Crippen LogP contribution in [0.2, 0.25) is 0 Å². The zero-order valence-corrected chi connectivity index (χ0v) is 14.2. The number of fused-ring (bicyclic) bond motifs is 2. The van der Waals surface area contributed by atoms with E-state index in [0.717, 1.165) is 10.6 Å². The normalized spacial score (nSPS) is 15.0. The highest BCUT2D eigenvalue weighted by Gasteiger charge is 2.43. The Morgan fingerprint density at radius 2 is 1.92 bits per heavy atom. The van der Waals surface area contributed by atoms with Crippen molar-refractivity contribution in [3.05, 3.63) is 24.3 Å². The summed E-state index contributed by atoms with van der Waals surface area (Å²) < 4.78 is 37.2. The molecule has 25 heavy (non-hydrogen) atoms. The standard InChI is InChI=1S/C16H14F2N4O2S/c1-3-25-12-4-5-13(19)21-14(12)15-20-8-6-10-11(7-9(8)22(15)2)24-16(17,18)23-10/h4-7H,3H2,1-2H3,(H2,19,21). The van der Waals surface area contributed by atoms with Crippen LogP contribution < -0.4 is 15.2 Å². The quantitative estimate of drug-likeness (QED) is 0.715. The molecule has 0 atom stereocenters.